The third kappa shape index (κ3) is 3.49. The standard InChI is InChI=1S/C16H19N3OS/c1-12-10-19(8-7-17-12)16(20)14-11-21-15(18-14)9-13-5-3-2-4-6-13/h2-6,11-12,17H,7-10H2,1H3. The first kappa shape index (κ1) is 14.2. The number of piperazine rings is 1. The molecule has 0 spiro atoms. The Morgan fingerprint density at radius 1 is 1.43 bits per heavy atom. The second kappa shape index (κ2) is 6.37. The average molecular weight is 301 g/mol. The van der Waals surface area contributed by atoms with E-state index in [1.165, 1.54) is 5.56 Å². The van der Waals surface area contributed by atoms with Crippen LogP contribution < -0.4 is 5.32 Å². The molecule has 110 valence electrons. The summed E-state index contributed by atoms with van der Waals surface area (Å²) in [6, 6.07) is 10.6. The average Bonchev–Trinajstić information content (AvgIpc) is 2.96. The molecule has 1 aromatic carbocycles. The third-order valence-electron chi connectivity index (χ3n) is 3.63. The third-order valence-corrected chi connectivity index (χ3v) is 4.47. The maximum atomic E-state index is 12.5. The summed E-state index contributed by atoms with van der Waals surface area (Å²) in [7, 11) is 0. The van der Waals surface area contributed by atoms with Gasteiger partial charge in [-0.05, 0) is 12.5 Å². The van der Waals surface area contributed by atoms with E-state index in [1.54, 1.807) is 11.3 Å². The molecule has 1 saturated heterocycles. The fourth-order valence-electron chi connectivity index (χ4n) is 2.54. The van der Waals surface area contributed by atoms with Gasteiger partial charge in [-0.3, -0.25) is 4.79 Å². The van der Waals surface area contributed by atoms with E-state index in [4.69, 9.17) is 0 Å². The Balaban J connectivity index is 1.68. The van der Waals surface area contributed by atoms with Gasteiger partial charge < -0.3 is 10.2 Å². The molecule has 3 rings (SSSR count). The summed E-state index contributed by atoms with van der Waals surface area (Å²) in [5.74, 6) is 0.0545. The molecule has 0 aliphatic carbocycles. The van der Waals surface area contributed by atoms with Gasteiger partial charge in [0.2, 0.25) is 0 Å². The molecule has 0 radical (unpaired) electrons. The van der Waals surface area contributed by atoms with Crippen LogP contribution in [0.2, 0.25) is 0 Å². The quantitative estimate of drug-likeness (QED) is 0.945. The van der Waals surface area contributed by atoms with E-state index in [-0.39, 0.29) is 5.91 Å². The van der Waals surface area contributed by atoms with Crippen LogP contribution in [0.25, 0.3) is 0 Å². The minimum absolute atomic E-state index is 0.0545. The molecule has 1 aliphatic rings. The van der Waals surface area contributed by atoms with Gasteiger partial charge >= 0.3 is 0 Å². The van der Waals surface area contributed by atoms with Crippen LogP contribution in [-0.4, -0.2) is 41.5 Å². The minimum atomic E-state index is 0.0545. The lowest BCUT2D eigenvalue weighted by molar-refractivity contribution is 0.0704. The highest BCUT2D eigenvalue weighted by atomic mass is 32.1. The van der Waals surface area contributed by atoms with Crippen molar-refractivity contribution < 1.29 is 4.79 Å². The van der Waals surface area contributed by atoms with Crippen LogP contribution in [0.1, 0.15) is 28.0 Å². The fourth-order valence-corrected chi connectivity index (χ4v) is 3.34. The Bertz CT molecular complexity index is 611. The van der Waals surface area contributed by atoms with Crippen molar-refractivity contribution in [2.45, 2.75) is 19.4 Å². The largest absolute Gasteiger partial charge is 0.334 e. The van der Waals surface area contributed by atoms with Gasteiger partial charge in [-0.15, -0.1) is 11.3 Å². The van der Waals surface area contributed by atoms with Gasteiger partial charge in [0.25, 0.3) is 5.91 Å². The SMILES string of the molecule is CC1CN(C(=O)c2csc(Cc3ccccc3)n2)CCN1. The predicted molar refractivity (Wildman–Crippen MR) is 84.7 cm³/mol. The molecule has 0 bridgehead atoms. The van der Waals surface area contributed by atoms with E-state index in [0.717, 1.165) is 31.1 Å². The maximum Gasteiger partial charge on any atom is 0.273 e. The molecule has 1 atom stereocenters. The fraction of sp³-hybridized carbons (Fsp3) is 0.375. The predicted octanol–water partition coefficient (Wildman–Crippen LogP) is 2.17. The van der Waals surface area contributed by atoms with E-state index in [9.17, 15) is 4.79 Å². The summed E-state index contributed by atoms with van der Waals surface area (Å²) in [5.41, 5.74) is 1.81. The highest BCUT2D eigenvalue weighted by molar-refractivity contribution is 7.09. The van der Waals surface area contributed by atoms with Crippen LogP contribution in [0, 0.1) is 0 Å². The van der Waals surface area contributed by atoms with Crippen molar-refractivity contribution in [3.63, 3.8) is 0 Å². The Labute approximate surface area is 128 Å². The Kier molecular flexibility index (Phi) is 4.31. The molecule has 1 aromatic heterocycles. The molecule has 1 aliphatic heterocycles. The molecule has 2 heterocycles. The first-order chi connectivity index (χ1) is 10.2. The van der Waals surface area contributed by atoms with Crippen molar-refractivity contribution in [3.8, 4) is 0 Å². The first-order valence-electron chi connectivity index (χ1n) is 7.23. The molecule has 4 nitrogen and oxygen atoms in total. The van der Waals surface area contributed by atoms with Gasteiger partial charge in [0.15, 0.2) is 0 Å². The number of carbonyl (C=O) groups excluding carboxylic acids is 1. The van der Waals surface area contributed by atoms with Gasteiger partial charge in [0, 0.05) is 37.5 Å². The Morgan fingerprint density at radius 2 is 2.24 bits per heavy atom. The summed E-state index contributed by atoms with van der Waals surface area (Å²) >= 11 is 1.56. The van der Waals surface area contributed by atoms with Gasteiger partial charge in [0.05, 0.1) is 5.01 Å². The highest BCUT2D eigenvalue weighted by Crippen LogP contribution is 2.16. The zero-order chi connectivity index (χ0) is 14.7. The van der Waals surface area contributed by atoms with Gasteiger partial charge in [-0.2, -0.15) is 0 Å². The van der Waals surface area contributed by atoms with E-state index in [1.807, 2.05) is 28.5 Å². The zero-order valence-electron chi connectivity index (χ0n) is 12.1. The molecule has 1 unspecified atom stereocenters. The lowest BCUT2D eigenvalue weighted by Crippen LogP contribution is -2.51. The molecule has 2 aromatic rings. The van der Waals surface area contributed by atoms with Crippen molar-refractivity contribution in [3.05, 3.63) is 52.0 Å². The van der Waals surface area contributed by atoms with E-state index in [0.29, 0.717) is 11.7 Å². The molecule has 5 heteroatoms. The normalized spacial score (nSPS) is 18.7. The Hall–Kier alpha value is -1.72. The van der Waals surface area contributed by atoms with Crippen LogP contribution in [-0.2, 0) is 6.42 Å². The van der Waals surface area contributed by atoms with Crippen molar-refractivity contribution in [2.75, 3.05) is 19.6 Å². The number of amides is 1. The highest BCUT2D eigenvalue weighted by Gasteiger charge is 2.23. The number of hydrogen-bond donors (Lipinski definition) is 1. The summed E-state index contributed by atoms with van der Waals surface area (Å²) in [5, 5.41) is 6.22. The molecule has 1 amide bonds. The monoisotopic (exact) mass is 301 g/mol. The van der Waals surface area contributed by atoms with E-state index >= 15 is 0 Å². The first-order valence-corrected chi connectivity index (χ1v) is 8.11. The van der Waals surface area contributed by atoms with Gasteiger partial charge in [0.1, 0.15) is 5.69 Å². The summed E-state index contributed by atoms with van der Waals surface area (Å²) in [4.78, 5) is 18.9. The number of nitrogens with one attached hydrogen (secondary N) is 1. The number of hydrogen-bond acceptors (Lipinski definition) is 4. The lowest BCUT2D eigenvalue weighted by Gasteiger charge is -2.31. The van der Waals surface area contributed by atoms with Crippen LogP contribution >= 0.6 is 11.3 Å². The van der Waals surface area contributed by atoms with Crippen LogP contribution in [0.3, 0.4) is 0 Å². The van der Waals surface area contributed by atoms with Crippen molar-refractivity contribution in [1.29, 1.82) is 0 Å². The molecule has 0 saturated carbocycles. The number of rotatable bonds is 3. The number of benzene rings is 1. The smallest absolute Gasteiger partial charge is 0.273 e. The molecule has 1 N–H and O–H groups in total. The van der Waals surface area contributed by atoms with Crippen LogP contribution in [0.5, 0.6) is 0 Å². The number of nitrogens with zero attached hydrogens (tertiary/aromatic N) is 2. The van der Waals surface area contributed by atoms with Crippen LogP contribution in [0.15, 0.2) is 35.7 Å². The summed E-state index contributed by atoms with van der Waals surface area (Å²) in [6.07, 6.45) is 0.788. The van der Waals surface area contributed by atoms with E-state index in [2.05, 4.69) is 29.4 Å². The van der Waals surface area contributed by atoms with Crippen molar-refractivity contribution in [2.24, 2.45) is 0 Å². The van der Waals surface area contributed by atoms with E-state index < -0.39 is 0 Å². The summed E-state index contributed by atoms with van der Waals surface area (Å²) < 4.78 is 0. The molecule has 1 fully saturated rings. The van der Waals surface area contributed by atoms with Crippen LogP contribution in [0.4, 0.5) is 0 Å². The second-order valence-electron chi connectivity index (χ2n) is 5.40. The molecular formula is C16H19N3OS. The zero-order valence-corrected chi connectivity index (χ0v) is 12.9. The lowest BCUT2D eigenvalue weighted by atomic mass is 10.2. The molecular weight excluding hydrogens is 282 g/mol. The minimum Gasteiger partial charge on any atom is -0.334 e. The topological polar surface area (TPSA) is 45.2 Å². The van der Waals surface area contributed by atoms with Gasteiger partial charge in [-0.25, -0.2) is 4.98 Å². The second-order valence-corrected chi connectivity index (χ2v) is 6.34. The summed E-state index contributed by atoms with van der Waals surface area (Å²) in [6.45, 7) is 4.47. The number of aromatic nitrogens is 1. The van der Waals surface area contributed by atoms with Crippen molar-refractivity contribution in [1.82, 2.24) is 15.2 Å². The maximum absolute atomic E-state index is 12.5. The number of carbonyl (C=O) groups is 1. The molecule has 21 heavy (non-hydrogen) atoms. The number of thiazole rings is 1. The Morgan fingerprint density at radius 3 is 3.00 bits per heavy atom. The van der Waals surface area contributed by atoms with Crippen molar-refractivity contribution >= 4 is 17.2 Å². The van der Waals surface area contributed by atoms with Gasteiger partial charge in [-0.1, -0.05) is 30.3 Å².